The van der Waals surface area contributed by atoms with Crippen LogP contribution in [-0.4, -0.2) is 5.66 Å². The van der Waals surface area contributed by atoms with Crippen molar-refractivity contribution >= 4 is 18.5 Å². The summed E-state index contributed by atoms with van der Waals surface area (Å²) in [6.45, 7) is 7.31. The molecule has 3 atom stereocenters. The summed E-state index contributed by atoms with van der Waals surface area (Å²) < 4.78 is 0. The smallest absolute Gasteiger partial charge is 0.00955 e. The van der Waals surface area contributed by atoms with Crippen LogP contribution in [0.25, 0.3) is 0 Å². The highest BCUT2D eigenvalue weighted by Gasteiger charge is 2.37. The van der Waals surface area contributed by atoms with E-state index in [0.717, 1.165) is 23.4 Å². The fourth-order valence-corrected chi connectivity index (χ4v) is 7.66. The topological polar surface area (TPSA) is 0 Å². The van der Waals surface area contributed by atoms with E-state index in [-0.39, 0.29) is 7.92 Å². The van der Waals surface area contributed by atoms with Crippen LogP contribution in [-0.2, 0) is 0 Å². The van der Waals surface area contributed by atoms with Crippen LogP contribution < -0.4 is 10.6 Å². The van der Waals surface area contributed by atoms with Crippen LogP contribution in [0.2, 0.25) is 0 Å². The molecule has 23 heavy (non-hydrogen) atoms. The lowest BCUT2D eigenvalue weighted by molar-refractivity contribution is 0.242. The van der Waals surface area contributed by atoms with Crippen LogP contribution in [0.4, 0.5) is 0 Å². The van der Waals surface area contributed by atoms with Gasteiger partial charge in [-0.1, -0.05) is 87.9 Å². The van der Waals surface area contributed by atoms with Crippen LogP contribution in [0.1, 0.15) is 40.0 Å². The number of rotatable bonds is 4. The summed E-state index contributed by atoms with van der Waals surface area (Å²) in [4.78, 5) is 0. The summed E-state index contributed by atoms with van der Waals surface area (Å²) >= 11 is 0. The third-order valence-electron chi connectivity index (χ3n) is 5.39. The molecule has 1 fully saturated rings. The summed E-state index contributed by atoms with van der Waals surface area (Å²) in [7, 11) is -0.267. The third kappa shape index (κ3) is 3.86. The minimum absolute atomic E-state index is 0.267. The number of hydrogen-bond acceptors (Lipinski definition) is 0. The molecule has 1 aliphatic rings. The van der Waals surface area contributed by atoms with Gasteiger partial charge in [-0.05, 0) is 54.8 Å². The van der Waals surface area contributed by atoms with Crippen molar-refractivity contribution in [3.63, 3.8) is 0 Å². The molecule has 0 aliphatic heterocycles. The fraction of sp³-hybridized carbons (Fsp3) is 0.455. The van der Waals surface area contributed by atoms with Gasteiger partial charge < -0.3 is 0 Å². The average Bonchev–Trinajstić information content (AvgIpc) is 2.57. The van der Waals surface area contributed by atoms with Gasteiger partial charge in [-0.25, -0.2) is 0 Å². The summed E-state index contributed by atoms with van der Waals surface area (Å²) in [6, 6.07) is 22.6. The van der Waals surface area contributed by atoms with Gasteiger partial charge in [0.05, 0.1) is 0 Å². The molecule has 0 aromatic heterocycles. The van der Waals surface area contributed by atoms with Crippen LogP contribution in [0, 0.1) is 17.8 Å². The van der Waals surface area contributed by atoms with E-state index in [1.165, 1.54) is 19.3 Å². The summed E-state index contributed by atoms with van der Waals surface area (Å²) in [5, 5.41) is 3.11. The Morgan fingerprint density at radius 1 is 0.826 bits per heavy atom. The van der Waals surface area contributed by atoms with E-state index >= 15 is 0 Å². The van der Waals surface area contributed by atoms with Crippen LogP contribution in [0.15, 0.2) is 60.7 Å². The van der Waals surface area contributed by atoms with Crippen LogP contribution in [0.3, 0.4) is 0 Å². The second-order valence-electron chi connectivity index (χ2n) is 7.43. The van der Waals surface area contributed by atoms with Crippen LogP contribution >= 0.6 is 7.92 Å². The van der Waals surface area contributed by atoms with Gasteiger partial charge in [-0.2, -0.15) is 0 Å². The molecule has 3 rings (SSSR count). The molecule has 0 nitrogen and oxygen atoms in total. The molecule has 0 N–H and O–H groups in total. The first kappa shape index (κ1) is 16.7. The Morgan fingerprint density at radius 2 is 1.35 bits per heavy atom. The normalized spacial score (nSPS) is 25.0. The van der Waals surface area contributed by atoms with Gasteiger partial charge in [0.15, 0.2) is 0 Å². The maximum absolute atomic E-state index is 2.45. The molecule has 122 valence electrons. The summed E-state index contributed by atoms with van der Waals surface area (Å²) in [5.74, 6) is 2.51. The molecule has 1 saturated carbocycles. The lowest BCUT2D eigenvalue weighted by atomic mass is 9.77. The minimum atomic E-state index is -0.267. The molecule has 0 spiro atoms. The highest BCUT2D eigenvalue weighted by atomic mass is 31.1. The molecule has 0 unspecified atom stereocenters. The zero-order valence-corrected chi connectivity index (χ0v) is 15.5. The monoisotopic (exact) mass is 324 g/mol. The Morgan fingerprint density at radius 3 is 1.83 bits per heavy atom. The molecule has 0 amide bonds. The second kappa shape index (κ2) is 7.63. The SMILES string of the molecule is CC(C)[C@@H]1CC[C@H](C)C[C@@H]1P(c1ccccc1)c1ccccc1. The Hall–Kier alpha value is -1.13. The highest BCUT2D eigenvalue weighted by Crippen LogP contribution is 2.51. The molecule has 0 bridgehead atoms. The maximum Gasteiger partial charge on any atom is -0.00955 e. The molecule has 0 heterocycles. The standard InChI is InChI=1S/C22H29P/c1-17(2)21-15-14-18(3)16-22(21)23(19-10-6-4-7-11-19)20-12-8-5-9-13-20/h4-13,17-18,21-22H,14-16H2,1-3H3/t18-,21-,22-/m0/s1. The summed E-state index contributed by atoms with van der Waals surface area (Å²) in [5.41, 5.74) is 0.818. The molecule has 0 radical (unpaired) electrons. The lowest BCUT2D eigenvalue weighted by Crippen LogP contribution is -2.35. The van der Waals surface area contributed by atoms with Gasteiger partial charge in [0, 0.05) is 0 Å². The van der Waals surface area contributed by atoms with Gasteiger partial charge in [-0.15, -0.1) is 0 Å². The quantitative estimate of drug-likeness (QED) is 0.644. The Kier molecular flexibility index (Phi) is 5.54. The largest absolute Gasteiger partial charge is 0.0625 e. The van der Waals surface area contributed by atoms with Crippen LogP contribution in [0.5, 0.6) is 0 Å². The molecular weight excluding hydrogens is 295 g/mol. The second-order valence-corrected chi connectivity index (χ2v) is 9.87. The Balaban J connectivity index is 2.03. The highest BCUT2D eigenvalue weighted by molar-refractivity contribution is 7.73. The molecule has 0 saturated heterocycles. The zero-order chi connectivity index (χ0) is 16.2. The van der Waals surface area contributed by atoms with Gasteiger partial charge in [-0.3, -0.25) is 0 Å². The minimum Gasteiger partial charge on any atom is -0.0625 e. The summed E-state index contributed by atoms with van der Waals surface area (Å²) in [6.07, 6.45) is 4.20. The third-order valence-corrected chi connectivity index (χ3v) is 8.35. The van der Waals surface area contributed by atoms with E-state index in [2.05, 4.69) is 81.4 Å². The van der Waals surface area contributed by atoms with Crippen molar-refractivity contribution in [2.75, 3.05) is 0 Å². The van der Waals surface area contributed by atoms with Gasteiger partial charge in [0.2, 0.25) is 0 Å². The van der Waals surface area contributed by atoms with Crippen molar-refractivity contribution in [3.05, 3.63) is 60.7 Å². The van der Waals surface area contributed by atoms with Crippen molar-refractivity contribution in [1.29, 1.82) is 0 Å². The van der Waals surface area contributed by atoms with Crippen molar-refractivity contribution in [2.24, 2.45) is 17.8 Å². The Bertz CT molecular complexity index is 550. The molecule has 1 aliphatic carbocycles. The molecule has 2 aromatic rings. The van der Waals surface area contributed by atoms with Crippen molar-refractivity contribution in [2.45, 2.75) is 45.7 Å². The van der Waals surface area contributed by atoms with Crippen molar-refractivity contribution in [3.8, 4) is 0 Å². The fourth-order valence-electron chi connectivity index (χ4n) is 4.16. The predicted octanol–water partition coefficient (Wildman–Crippen LogP) is 5.58. The van der Waals surface area contributed by atoms with E-state index in [9.17, 15) is 0 Å². The van der Waals surface area contributed by atoms with E-state index in [1.807, 2.05) is 0 Å². The van der Waals surface area contributed by atoms with Crippen molar-refractivity contribution < 1.29 is 0 Å². The van der Waals surface area contributed by atoms with E-state index in [1.54, 1.807) is 10.6 Å². The number of hydrogen-bond donors (Lipinski definition) is 0. The van der Waals surface area contributed by atoms with Gasteiger partial charge >= 0.3 is 0 Å². The van der Waals surface area contributed by atoms with Crippen molar-refractivity contribution in [1.82, 2.24) is 0 Å². The lowest BCUT2D eigenvalue weighted by Gasteiger charge is -2.42. The van der Waals surface area contributed by atoms with Gasteiger partial charge in [0.1, 0.15) is 0 Å². The zero-order valence-electron chi connectivity index (χ0n) is 14.7. The molecule has 1 heteroatoms. The van der Waals surface area contributed by atoms with E-state index in [4.69, 9.17) is 0 Å². The maximum atomic E-state index is 2.45. The van der Waals surface area contributed by atoms with Gasteiger partial charge in [0.25, 0.3) is 0 Å². The first-order valence-electron chi connectivity index (χ1n) is 9.06. The number of benzene rings is 2. The van der Waals surface area contributed by atoms with E-state index in [0.29, 0.717) is 0 Å². The Labute approximate surface area is 143 Å². The first-order valence-corrected chi connectivity index (χ1v) is 10.5. The molecular formula is C22H29P. The average molecular weight is 324 g/mol. The predicted molar refractivity (Wildman–Crippen MR) is 104 cm³/mol. The first-order chi connectivity index (χ1) is 11.2. The van der Waals surface area contributed by atoms with E-state index < -0.39 is 0 Å². The molecule has 2 aromatic carbocycles.